The van der Waals surface area contributed by atoms with Crippen molar-refractivity contribution in [3.8, 4) is 0 Å². The summed E-state index contributed by atoms with van der Waals surface area (Å²) in [7, 11) is 0. The summed E-state index contributed by atoms with van der Waals surface area (Å²) < 4.78 is 0. The minimum absolute atomic E-state index is 0.681. The predicted octanol–water partition coefficient (Wildman–Crippen LogP) is 4.66. The zero-order valence-corrected chi connectivity index (χ0v) is 12.6. The lowest BCUT2D eigenvalue weighted by Gasteiger charge is -2.32. The zero-order chi connectivity index (χ0) is 12.4. The average Bonchev–Trinajstić information content (AvgIpc) is 2.70. The lowest BCUT2D eigenvalue weighted by atomic mass is 10.1. The van der Waals surface area contributed by atoms with Crippen LogP contribution in [-0.2, 0) is 5.33 Å². The highest BCUT2D eigenvalue weighted by Crippen LogP contribution is 2.35. The Morgan fingerprint density at radius 3 is 2.76 bits per heavy atom. The lowest BCUT2D eigenvalue weighted by molar-refractivity contribution is 0.626. The van der Waals surface area contributed by atoms with Crippen molar-refractivity contribution in [2.45, 2.75) is 57.4 Å². The molecule has 94 valence electrons. The minimum Gasteiger partial charge on any atom is -0.366 e. The fraction of sp³-hybridized carbons (Fsp3) is 0.600. The SMILES string of the molecule is CCC1CCC(C)N1c1ccc(C)cc1CBr. The number of nitrogens with zero attached hydrogens (tertiary/aromatic N) is 1. The van der Waals surface area contributed by atoms with Gasteiger partial charge in [-0.05, 0) is 44.7 Å². The molecule has 1 aromatic rings. The molecule has 0 N–H and O–H groups in total. The maximum absolute atomic E-state index is 3.62. The molecule has 2 atom stereocenters. The van der Waals surface area contributed by atoms with E-state index in [0.29, 0.717) is 6.04 Å². The largest absolute Gasteiger partial charge is 0.366 e. The van der Waals surface area contributed by atoms with Gasteiger partial charge in [0.15, 0.2) is 0 Å². The molecule has 1 fully saturated rings. The maximum Gasteiger partial charge on any atom is 0.0412 e. The second-order valence-electron chi connectivity index (χ2n) is 5.16. The minimum atomic E-state index is 0.681. The maximum atomic E-state index is 3.62. The van der Waals surface area contributed by atoms with Crippen molar-refractivity contribution in [2.24, 2.45) is 0 Å². The predicted molar refractivity (Wildman–Crippen MR) is 79.1 cm³/mol. The van der Waals surface area contributed by atoms with Crippen LogP contribution in [0.4, 0.5) is 5.69 Å². The third-order valence-corrected chi connectivity index (χ3v) is 4.52. The lowest BCUT2D eigenvalue weighted by Crippen LogP contribution is -2.34. The first kappa shape index (κ1) is 12.9. The van der Waals surface area contributed by atoms with Gasteiger partial charge in [0.1, 0.15) is 0 Å². The van der Waals surface area contributed by atoms with E-state index in [-0.39, 0.29) is 0 Å². The first-order valence-corrected chi connectivity index (χ1v) is 7.73. The summed E-state index contributed by atoms with van der Waals surface area (Å²) in [6, 6.07) is 8.25. The normalized spacial score (nSPS) is 24.4. The second-order valence-corrected chi connectivity index (χ2v) is 5.72. The van der Waals surface area contributed by atoms with E-state index in [4.69, 9.17) is 0 Å². The summed E-state index contributed by atoms with van der Waals surface area (Å²) >= 11 is 3.62. The third-order valence-electron chi connectivity index (χ3n) is 3.91. The summed E-state index contributed by atoms with van der Waals surface area (Å²) in [5, 5.41) is 0.948. The molecular formula is C15H22BrN. The number of hydrogen-bond donors (Lipinski definition) is 0. The first-order chi connectivity index (χ1) is 8.17. The number of rotatable bonds is 3. The molecule has 0 spiro atoms. The summed E-state index contributed by atoms with van der Waals surface area (Å²) in [6.07, 6.45) is 3.92. The van der Waals surface area contributed by atoms with Crippen molar-refractivity contribution < 1.29 is 0 Å². The van der Waals surface area contributed by atoms with Gasteiger partial charge >= 0.3 is 0 Å². The Hall–Kier alpha value is -0.500. The molecule has 0 aliphatic carbocycles. The number of halogens is 1. The topological polar surface area (TPSA) is 3.24 Å². The van der Waals surface area contributed by atoms with E-state index in [0.717, 1.165) is 11.4 Å². The van der Waals surface area contributed by atoms with Gasteiger partial charge in [0.05, 0.1) is 0 Å². The number of aryl methyl sites for hydroxylation is 1. The average molecular weight is 296 g/mol. The van der Waals surface area contributed by atoms with E-state index in [1.165, 1.54) is 36.1 Å². The fourth-order valence-electron chi connectivity index (χ4n) is 2.98. The van der Waals surface area contributed by atoms with E-state index in [1.54, 1.807) is 0 Å². The molecule has 1 heterocycles. The van der Waals surface area contributed by atoms with Crippen LogP contribution in [0.2, 0.25) is 0 Å². The molecule has 1 nitrogen and oxygen atoms in total. The van der Waals surface area contributed by atoms with Crippen LogP contribution in [0, 0.1) is 6.92 Å². The smallest absolute Gasteiger partial charge is 0.0412 e. The Bertz CT molecular complexity index is 389. The molecule has 17 heavy (non-hydrogen) atoms. The summed E-state index contributed by atoms with van der Waals surface area (Å²) in [5.41, 5.74) is 4.21. The van der Waals surface area contributed by atoms with Crippen molar-refractivity contribution >= 4 is 21.6 Å². The first-order valence-electron chi connectivity index (χ1n) is 6.61. The number of benzene rings is 1. The number of anilines is 1. The molecule has 1 aliphatic heterocycles. The van der Waals surface area contributed by atoms with Crippen LogP contribution in [0.1, 0.15) is 44.2 Å². The molecule has 2 rings (SSSR count). The van der Waals surface area contributed by atoms with Crippen LogP contribution in [0.25, 0.3) is 0 Å². The van der Waals surface area contributed by atoms with Gasteiger partial charge in [-0.3, -0.25) is 0 Å². The molecule has 2 unspecified atom stereocenters. The van der Waals surface area contributed by atoms with E-state index < -0.39 is 0 Å². The van der Waals surface area contributed by atoms with Gasteiger partial charge in [0, 0.05) is 23.1 Å². The summed E-state index contributed by atoms with van der Waals surface area (Å²) in [4.78, 5) is 2.63. The van der Waals surface area contributed by atoms with Crippen LogP contribution >= 0.6 is 15.9 Å². The Morgan fingerprint density at radius 2 is 2.12 bits per heavy atom. The van der Waals surface area contributed by atoms with Gasteiger partial charge in [0.2, 0.25) is 0 Å². The Kier molecular flexibility index (Phi) is 4.13. The summed E-state index contributed by atoms with van der Waals surface area (Å²) in [5.74, 6) is 0. The number of alkyl halides is 1. The van der Waals surface area contributed by atoms with Gasteiger partial charge in [-0.1, -0.05) is 40.5 Å². The Balaban J connectivity index is 2.38. The van der Waals surface area contributed by atoms with Crippen molar-refractivity contribution in [1.82, 2.24) is 0 Å². The van der Waals surface area contributed by atoms with Crippen molar-refractivity contribution in [3.05, 3.63) is 29.3 Å². The van der Waals surface area contributed by atoms with Crippen molar-refractivity contribution in [1.29, 1.82) is 0 Å². The van der Waals surface area contributed by atoms with Crippen molar-refractivity contribution in [3.63, 3.8) is 0 Å². The van der Waals surface area contributed by atoms with Gasteiger partial charge in [-0.15, -0.1) is 0 Å². The van der Waals surface area contributed by atoms with Gasteiger partial charge < -0.3 is 4.90 Å². The third kappa shape index (κ3) is 2.52. The molecule has 0 saturated carbocycles. The van der Waals surface area contributed by atoms with E-state index >= 15 is 0 Å². The van der Waals surface area contributed by atoms with Gasteiger partial charge in [-0.2, -0.15) is 0 Å². The highest BCUT2D eigenvalue weighted by molar-refractivity contribution is 9.08. The highest BCUT2D eigenvalue weighted by Gasteiger charge is 2.30. The Morgan fingerprint density at radius 1 is 1.35 bits per heavy atom. The van der Waals surface area contributed by atoms with E-state index in [9.17, 15) is 0 Å². The monoisotopic (exact) mass is 295 g/mol. The fourth-order valence-corrected chi connectivity index (χ4v) is 3.43. The standard InChI is InChI=1S/C15H22BrN/c1-4-14-7-6-12(3)17(14)15-8-5-11(2)9-13(15)10-16/h5,8-9,12,14H,4,6-7,10H2,1-3H3. The Labute approximate surface area is 113 Å². The van der Waals surface area contributed by atoms with Crippen LogP contribution in [0.5, 0.6) is 0 Å². The molecule has 2 heteroatoms. The molecule has 0 radical (unpaired) electrons. The quantitative estimate of drug-likeness (QED) is 0.733. The molecule has 0 aromatic heterocycles. The number of hydrogen-bond acceptors (Lipinski definition) is 1. The molecule has 0 bridgehead atoms. The molecular weight excluding hydrogens is 274 g/mol. The summed E-state index contributed by atoms with van der Waals surface area (Å²) in [6.45, 7) is 6.83. The van der Waals surface area contributed by atoms with E-state index in [1.807, 2.05) is 0 Å². The van der Waals surface area contributed by atoms with Gasteiger partial charge in [0.25, 0.3) is 0 Å². The molecule has 0 amide bonds. The zero-order valence-electron chi connectivity index (χ0n) is 11.0. The van der Waals surface area contributed by atoms with E-state index in [2.05, 4.69) is 59.8 Å². The second kappa shape index (κ2) is 5.43. The van der Waals surface area contributed by atoms with Crippen LogP contribution in [0.3, 0.4) is 0 Å². The van der Waals surface area contributed by atoms with Crippen LogP contribution < -0.4 is 4.90 Å². The molecule has 1 saturated heterocycles. The van der Waals surface area contributed by atoms with Gasteiger partial charge in [-0.25, -0.2) is 0 Å². The molecule has 1 aromatic carbocycles. The van der Waals surface area contributed by atoms with Crippen molar-refractivity contribution in [2.75, 3.05) is 4.90 Å². The van der Waals surface area contributed by atoms with Crippen LogP contribution in [-0.4, -0.2) is 12.1 Å². The highest BCUT2D eigenvalue weighted by atomic mass is 79.9. The molecule has 1 aliphatic rings. The van der Waals surface area contributed by atoms with Crippen LogP contribution in [0.15, 0.2) is 18.2 Å².